The van der Waals surface area contributed by atoms with Crippen LogP contribution in [0, 0.1) is 11.7 Å². The van der Waals surface area contributed by atoms with Gasteiger partial charge in [0.15, 0.2) is 0 Å². The number of ether oxygens (including phenoxy) is 1. The molecular formula is C18H24FNO3. The van der Waals surface area contributed by atoms with Gasteiger partial charge in [0.05, 0.1) is 6.10 Å². The Morgan fingerprint density at radius 1 is 1.35 bits per heavy atom. The fraction of sp³-hybridized carbons (Fsp3) is 0.611. The molecule has 2 aliphatic rings. The van der Waals surface area contributed by atoms with Crippen molar-refractivity contribution in [3.8, 4) is 0 Å². The summed E-state index contributed by atoms with van der Waals surface area (Å²) in [5.41, 5.74) is 0.936. The molecule has 0 radical (unpaired) electrons. The zero-order valence-corrected chi connectivity index (χ0v) is 13.3. The van der Waals surface area contributed by atoms with Gasteiger partial charge < -0.3 is 14.7 Å². The van der Waals surface area contributed by atoms with Crippen LogP contribution in [0.15, 0.2) is 24.3 Å². The topological polar surface area (TPSA) is 49.8 Å². The first-order chi connectivity index (χ1) is 11.2. The molecule has 0 spiro atoms. The van der Waals surface area contributed by atoms with E-state index in [0.717, 1.165) is 37.9 Å². The third kappa shape index (κ3) is 4.09. The number of rotatable bonds is 6. The Hall–Kier alpha value is -1.46. The molecule has 2 unspecified atom stereocenters. The Bertz CT molecular complexity index is 543. The highest BCUT2D eigenvalue weighted by Crippen LogP contribution is 2.48. The highest BCUT2D eigenvalue weighted by Gasteiger charge is 2.46. The molecule has 2 atom stereocenters. The van der Waals surface area contributed by atoms with Gasteiger partial charge in [-0.3, -0.25) is 4.79 Å². The van der Waals surface area contributed by atoms with Crippen LogP contribution >= 0.6 is 0 Å². The van der Waals surface area contributed by atoms with E-state index in [4.69, 9.17) is 9.84 Å². The summed E-state index contributed by atoms with van der Waals surface area (Å²) >= 11 is 0. The van der Waals surface area contributed by atoms with Crippen molar-refractivity contribution in [1.29, 1.82) is 0 Å². The van der Waals surface area contributed by atoms with Crippen LogP contribution in [0.3, 0.4) is 0 Å². The van der Waals surface area contributed by atoms with Crippen molar-refractivity contribution in [2.45, 2.75) is 37.7 Å². The molecule has 1 amide bonds. The van der Waals surface area contributed by atoms with Gasteiger partial charge in [-0.1, -0.05) is 12.1 Å². The molecule has 1 aromatic rings. The molecule has 1 aliphatic carbocycles. The second-order valence-electron chi connectivity index (χ2n) is 6.48. The molecule has 1 saturated heterocycles. The van der Waals surface area contributed by atoms with Gasteiger partial charge in [-0.2, -0.15) is 0 Å². The van der Waals surface area contributed by atoms with Crippen LogP contribution in [0.2, 0.25) is 0 Å². The number of carbonyl (C=O) groups is 1. The summed E-state index contributed by atoms with van der Waals surface area (Å²) in [5.74, 6) is 0.162. The Balaban J connectivity index is 1.46. The predicted octanol–water partition coefficient (Wildman–Crippen LogP) is 2.32. The summed E-state index contributed by atoms with van der Waals surface area (Å²) < 4.78 is 19.0. The lowest BCUT2D eigenvalue weighted by Gasteiger charge is -2.32. The highest BCUT2D eigenvalue weighted by molar-refractivity contribution is 5.83. The van der Waals surface area contributed by atoms with E-state index < -0.39 is 0 Å². The van der Waals surface area contributed by atoms with E-state index in [0.29, 0.717) is 13.0 Å². The van der Waals surface area contributed by atoms with Gasteiger partial charge in [0.1, 0.15) is 5.82 Å². The molecule has 2 fully saturated rings. The van der Waals surface area contributed by atoms with Crippen molar-refractivity contribution in [3.05, 3.63) is 35.6 Å². The van der Waals surface area contributed by atoms with E-state index >= 15 is 0 Å². The minimum Gasteiger partial charge on any atom is -0.396 e. The van der Waals surface area contributed by atoms with Gasteiger partial charge in [-0.05, 0) is 49.3 Å². The molecular weight excluding hydrogens is 297 g/mol. The molecule has 0 bridgehead atoms. The van der Waals surface area contributed by atoms with E-state index in [9.17, 15) is 9.18 Å². The van der Waals surface area contributed by atoms with Crippen LogP contribution in [0.25, 0.3) is 0 Å². The number of hydrogen-bond donors (Lipinski definition) is 1. The zero-order valence-electron chi connectivity index (χ0n) is 13.3. The normalized spacial score (nSPS) is 24.7. The van der Waals surface area contributed by atoms with Gasteiger partial charge in [0.25, 0.3) is 0 Å². The zero-order chi connectivity index (χ0) is 16.2. The molecule has 1 N–H and O–H groups in total. The standard InChI is InChI=1S/C18H24FNO3/c19-14-4-1-3-13(11-14)16-12-17(16)18(22)20-7-5-15(6-8-20)23-10-2-9-21/h1,3-4,11,15-17,21H,2,5-10,12H2. The predicted molar refractivity (Wildman–Crippen MR) is 84.5 cm³/mol. The van der Waals surface area contributed by atoms with E-state index in [1.807, 2.05) is 11.0 Å². The van der Waals surface area contributed by atoms with Crippen LogP contribution in [-0.2, 0) is 9.53 Å². The maximum absolute atomic E-state index is 13.3. The Morgan fingerprint density at radius 2 is 2.13 bits per heavy atom. The van der Waals surface area contributed by atoms with Gasteiger partial charge in [-0.25, -0.2) is 4.39 Å². The number of likely N-dealkylation sites (tertiary alicyclic amines) is 1. The maximum atomic E-state index is 13.3. The maximum Gasteiger partial charge on any atom is 0.226 e. The number of benzene rings is 1. The van der Waals surface area contributed by atoms with Crippen molar-refractivity contribution in [1.82, 2.24) is 4.90 Å². The van der Waals surface area contributed by atoms with E-state index in [1.54, 1.807) is 12.1 Å². The SMILES string of the molecule is O=C(C1CC1c1cccc(F)c1)N1CCC(OCCCO)CC1. The Morgan fingerprint density at radius 3 is 2.83 bits per heavy atom. The molecule has 4 nitrogen and oxygen atoms in total. The molecule has 0 aromatic heterocycles. The van der Waals surface area contributed by atoms with Crippen molar-refractivity contribution >= 4 is 5.91 Å². The summed E-state index contributed by atoms with van der Waals surface area (Å²) in [7, 11) is 0. The van der Waals surface area contributed by atoms with E-state index in [-0.39, 0.29) is 36.3 Å². The largest absolute Gasteiger partial charge is 0.396 e. The van der Waals surface area contributed by atoms with Crippen molar-refractivity contribution in [2.75, 3.05) is 26.3 Å². The summed E-state index contributed by atoms with van der Waals surface area (Å²) in [4.78, 5) is 14.5. The first-order valence-corrected chi connectivity index (χ1v) is 8.45. The van der Waals surface area contributed by atoms with Crippen LogP contribution in [-0.4, -0.2) is 48.3 Å². The first-order valence-electron chi connectivity index (χ1n) is 8.45. The lowest BCUT2D eigenvalue weighted by atomic mass is 10.1. The van der Waals surface area contributed by atoms with Crippen LogP contribution in [0.4, 0.5) is 4.39 Å². The number of hydrogen-bond acceptors (Lipinski definition) is 3. The minimum atomic E-state index is -0.235. The minimum absolute atomic E-state index is 0.0173. The van der Waals surface area contributed by atoms with Gasteiger partial charge in [-0.15, -0.1) is 0 Å². The van der Waals surface area contributed by atoms with Crippen LogP contribution in [0.1, 0.15) is 37.2 Å². The third-order valence-electron chi connectivity index (χ3n) is 4.79. The summed E-state index contributed by atoms with van der Waals surface area (Å²) in [6.45, 7) is 2.20. The van der Waals surface area contributed by atoms with E-state index in [2.05, 4.69) is 0 Å². The number of piperidine rings is 1. The molecule has 23 heavy (non-hydrogen) atoms. The second kappa shape index (κ2) is 7.41. The summed E-state index contributed by atoms with van der Waals surface area (Å²) in [5, 5.41) is 8.76. The van der Waals surface area contributed by atoms with Crippen LogP contribution < -0.4 is 0 Å². The summed E-state index contributed by atoms with van der Waals surface area (Å²) in [6.07, 6.45) is 3.40. The molecule has 3 rings (SSSR count). The quantitative estimate of drug-likeness (QED) is 0.818. The lowest BCUT2D eigenvalue weighted by molar-refractivity contribution is -0.135. The Labute approximate surface area is 136 Å². The van der Waals surface area contributed by atoms with Crippen molar-refractivity contribution < 1.29 is 19.0 Å². The smallest absolute Gasteiger partial charge is 0.226 e. The monoisotopic (exact) mass is 321 g/mol. The van der Waals surface area contributed by atoms with Gasteiger partial charge in [0.2, 0.25) is 5.91 Å². The second-order valence-corrected chi connectivity index (χ2v) is 6.48. The Kier molecular flexibility index (Phi) is 5.28. The lowest BCUT2D eigenvalue weighted by Crippen LogP contribution is -2.41. The van der Waals surface area contributed by atoms with E-state index in [1.165, 1.54) is 6.07 Å². The number of aliphatic hydroxyl groups excluding tert-OH is 1. The fourth-order valence-electron chi connectivity index (χ4n) is 3.37. The molecule has 1 aromatic carbocycles. The van der Waals surface area contributed by atoms with Gasteiger partial charge >= 0.3 is 0 Å². The molecule has 1 heterocycles. The van der Waals surface area contributed by atoms with Gasteiger partial charge in [0, 0.05) is 32.2 Å². The number of halogens is 1. The first kappa shape index (κ1) is 16.4. The van der Waals surface area contributed by atoms with Crippen LogP contribution in [0.5, 0.6) is 0 Å². The average Bonchev–Trinajstić information content (AvgIpc) is 3.36. The number of amides is 1. The fourth-order valence-corrected chi connectivity index (χ4v) is 3.37. The highest BCUT2D eigenvalue weighted by atomic mass is 19.1. The number of nitrogens with zero attached hydrogens (tertiary/aromatic N) is 1. The molecule has 126 valence electrons. The number of carbonyl (C=O) groups excluding carboxylic acids is 1. The van der Waals surface area contributed by atoms with Crippen molar-refractivity contribution in [3.63, 3.8) is 0 Å². The number of aliphatic hydroxyl groups is 1. The molecule has 1 aliphatic heterocycles. The third-order valence-corrected chi connectivity index (χ3v) is 4.79. The average molecular weight is 321 g/mol. The summed E-state index contributed by atoms with van der Waals surface area (Å²) in [6, 6.07) is 6.59. The van der Waals surface area contributed by atoms with Crippen molar-refractivity contribution in [2.24, 2.45) is 5.92 Å². The molecule has 1 saturated carbocycles. The molecule has 5 heteroatoms.